The molecular formula is C21H31N2O6S+. The normalized spacial score (nSPS) is 21.6. The van der Waals surface area contributed by atoms with Crippen LogP contribution in [0.4, 0.5) is 9.59 Å². The van der Waals surface area contributed by atoms with E-state index in [1.54, 1.807) is 19.2 Å². The third-order valence-electron chi connectivity index (χ3n) is 5.72. The van der Waals surface area contributed by atoms with Crippen LogP contribution in [0.25, 0.3) is 0 Å². The van der Waals surface area contributed by atoms with Gasteiger partial charge in [0.1, 0.15) is 18.4 Å². The minimum absolute atomic E-state index is 0.143. The standard InChI is InChI=1S/C21H30N2O6S/c1-15-5-4-12-23(15,21(26)27)19(24)17(14-30)6-3-11-22-20(25)29-13-16-7-9-18(28-2)10-8-16/h7-10,15,17H,3-6,11-14H2,1-2H3,(H2-,22,25,26,27,30)/p+1/t15-,17?,23?/m1/s1. The second-order valence-corrected chi connectivity index (χ2v) is 7.94. The summed E-state index contributed by atoms with van der Waals surface area (Å²) < 4.78 is 9.74. The smallest absolute Gasteiger partial charge is 0.497 e. The zero-order chi connectivity index (χ0) is 22.1. The van der Waals surface area contributed by atoms with Gasteiger partial charge in [-0.3, -0.25) is 0 Å². The van der Waals surface area contributed by atoms with Crippen LogP contribution in [0.3, 0.4) is 0 Å². The molecule has 0 aromatic heterocycles. The Labute approximate surface area is 182 Å². The van der Waals surface area contributed by atoms with Crippen molar-refractivity contribution in [2.24, 2.45) is 5.92 Å². The Morgan fingerprint density at radius 2 is 2.00 bits per heavy atom. The van der Waals surface area contributed by atoms with E-state index in [1.807, 2.05) is 19.1 Å². The molecule has 1 aromatic carbocycles. The van der Waals surface area contributed by atoms with Gasteiger partial charge in [-0.15, -0.1) is 0 Å². The van der Waals surface area contributed by atoms with Crippen molar-refractivity contribution in [1.29, 1.82) is 0 Å². The number of nitrogens with one attached hydrogen (secondary N) is 1. The monoisotopic (exact) mass is 439 g/mol. The number of hydrogen-bond acceptors (Lipinski definition) is 6. The molecule has 1 heterocycles. The zero-order valence-electron chi connectivity index (χ0n) is 17.5. The molecule has 0 spiro atoms. The summed E-state index contributed by atoms with van der Waals surface area (Å²) in [5.41, 5.74) is 0.842. The molecule has 0 radical (unpaired) electrons. The molecule has 0 saturated carbocycles. The molecule has 1 fully saturated rings. The third-order valence-corrected chi connectivity index (χ3v) is 6.16. The van der Waals surface area contributed by atoms with Crippen LogP contribution < -0.4 is 10.1 Å². The lowest BCUT2D eigenvalue weighted by Crippen LogP contribution is -2.60. The van der Waals surface area contributed by atoms with Gasteiger partial charge in [-0.05, 0) is 37.5 Å². The summed E-state index contributed by atoms with van der Waals surface area (Å²) >= 11 is 4.27. The highest BCUT2D eigenvalue weighted by Gasteiger charge is 2.54. The summed E-state index contributed by atoms with van der Waals surface area (Å²) in [7, 11) is 1.58. The number of carbonyl (C=O) groups is 3. The van der Waals surface area contributed by atoms with Crippen LogP contribution in [0.15, 0.2) is 24.3 Å². The van der Waals surface area contributed by atoms with Gasteiger partial charge >= 0.3 is 18.1 Å². The van der Waals surface area contributed by atoms with E-state index in [0.717, 1.165) is 24.2 Å². The van der Waals surface area contributed by atoms with Gasteiger partial charge in [0.2, 0.25) is 0 Å². The number of imide groups is 1. The van der Waals surface area contributed by atoms with E-state index in [1.165, 1.54) is 0 Å². The first-order valence-electron chi connectivity index (χ1n) is 10.1. The largest absolute Gasteiger partial charge is 0.521 e. The number of rotatable bonds is 9. The lowest BCUT2D eigenvalue weighted by atomic mass is 10.0. The van der Waals surface area contributed by atoms with Crippen LogP contribution >= 0.6 is 12.6 Å². The highest BCUT2D eigenvalue weighted by molar-refractivity contribution is 7.80. The lowest BCUT2D eigenvalue weighted by molar-refractivity contribution is -0.794. The number of ether oxygens (including phenoxy) is 2. The maximum atomic E-state index is 13.0. The van der Waals surface area contributed by atoms with Gasteiger partial charge in [-0.25, -0.2) is 9.59 Å². The van der Waals surface area contributed by atoms with Crippen molar-refractivity contribution in [2.45, 2.75) is 45.3 Å². The van der Waals surface area contributed by atoms with Crippen LogP contribution in [-0.2, 0) is 16.1 Å². The highest BCUT2D eigenvalue weighted by Crippen LogP contribution is 2.31. The second kappa shape index (κ2) is 11.2. The molecular weight excluding hydrogens is 408 g/mol. The number of methoxy groups -OCH3 is 1. The number of quaternary nitrogens is 1. The van der Waals surface area contributed by atoms with Crippen molar-refractivity contribution in [2.75, 3.05) is 26.0 Å². The molecule has 1 aliphatic heterocycles. The summed E-state index contributed by atoms with van der Waals surface area (Å²) in [6.45, 7) is 2.62. The molecule has 30 heavy (non-hydrogen) atoms. The van der Waals surface area contributed by atoms with E-state index in [2.05, 4.69) is 17.9 Å². The molecule has 0 aliphatic carbocycles. The predicted molar refractivity (Wildman–Crippen MR) is 115 cm³/mol. The summed E-state index contributed by atoms with van der Waals surface area (Å²) in [6, 6.07) is 6.98. The van der Waals surface area contributed by atoms with Gasteiger partial charge in [0.05, 0.1) is 19.6 Å². The number of alkyl carbamates (subject to hydrolysis) is 1. The van der Waals surface area contributed by atoms with Crippen molar-refractivity contribution in [3.05, 3.63) is 29.8 Å². The number of likely N-dealkylation sites (tertiary alicyclic amines) is 1. The SMILES string of the molecule is COc1ccc(COC(=O)NCCCC(CS)C(=O)[N+]2(C(=O)O)CCC[C@H]2C)cc1. The minimum atomic E-state index is -1.09. The van der Waals surface area contributed by atoms with Crippen molar-refractivity contribution in [1.82, 2.24) is 5.32 Å². The van der Waals surface area contributed by atoms with E-state index in [4.69, 9.17) is 9.47 Å². The first-order chi connectivity index (χ1) is 14.3. The van der Waals surface area contributed by atoms with E-state index in [-0.39, 0.29) is 24.3 Å². The molecule has 1 saturated heterocycles. The number of amides is 3. The maximum absolute atomic E-state index is 13.0. The Morgan fingerprint density at radius 3 is 2.53 bits per heavy atom. The Hall–Kier alpha value is -2.26. The zero-order valence-corrected chi connectivity index (χ0v) is 18.4. The fraction of sp³-hybridized carbons (Fsp3) is 0.571. The molecule has 9 heteroatoms. The molecule has 1 aliphatic rings. The lowest BCUT2D eigenvalue weighted by Gasteiger charge is -2.32. The number of thiol groups is 1. The summed E-state index contributed by atoms with van der Waals surface area (Å²) in [4.78, 5) is 36.7. The van der Waals surface area contributed by atoms with Crippen LogP contribution in [0, 0.1) is 5.92 Å². The Morgan fingerprint density at radius 1 is 1.30 bits per heavy atom. The maximum Gasteiger partial charge on any atom is 0.521 e. The molecule has 166 valence electrons. The molecule has 3 atom stereocenters. The topological polar surface area (TPSA) is 102 Å². The van der Waals surface area contributed by atoms with Crippen LogP contribution in [0.5, 0.6) is 5.75 Å². The molecule has 0 bridgehead atoms. The van der Waals surface area contributed by atoms with Crippen molar-refractivity contribution in [3.8, 4) is 5.75 Å². The van der Waals surface area contributed by atoms with Crippen LogP contribution in [-0.4, -0.2) is 59.7 Å². The second-order valence-electron chi connectivity index (χ2n) is 7.58. The molecule has 2 rings (SSSR count). The predicted octanol–water partition coefficient (Wildman–Crippen LogP) is 3.45. The number of carbonyl (C=O) groups excluding carboxylic acids is 2. The fourth-order valence-corrected chi connectivity index (χ4v) is 4.20. The number of hydrogen-bond donors (Lipinski definition) is 3. The highest BCUT2D eigenvalue weighted by atomic mass is 32.1. The fourth-order valence-electron chi connectivity index (χ4n) is 3.86. The quantitative estimate of drug-likeness (QED) is 0.309. The van der Waals surface area contributed by atoms with Gasteiger partial charge in [0, 0.05) is 25.1 Å². The van der Waals surface area contributed by atoms with Gasteiger partial charge in [0.15, 0.2) is 0 Å². The summed E-state index contributed by atoms with van der Waals surface area (Å²) in [5.74, 6) is 0.249. The van der Waals surface area contributed by atoms with E-state index in [9.17, 15) is 19.5 Å². The summed E-state index contributed by atoms with van der Waals surface area (Å²) in [5, 5.41) is 12.4. The number of nitrogens with zero attached hydrogens (tertiary/aromatic N) is 1. The molecule has 2 N–H and O–H groups in total. The first-order valence-corrected chi connectivity index (χ1v) is 10.8. The Kier molecular flexibility index (Phi) is 8.98. The molecule has 3 amide bonds. The van der Waals surface area contributed by atoms with E-state index in [0.29, 0.717) is 25.9 Å². The van der Waals surface area contributed by atoms with Crippen molar-refractivity contribution in [3.63, 3.8) is 0 Å². The average Bonchev–Trinajstić information content (AvgIpc) is 3.14. The van der Waals surface area contributed by atoms with Crippen LogP contribution in [0.1, 0.15) is 38.2 Å². The van der Waals surface area contributed by atoms with Gasteiger partial charge in [-0.2, -0.15) is 21.9 Å². The Balaban J connectivity index is 1.76. The van der Waals surface area contributed by atoms with Crippen molar-refractivity contribution >= 4 is 30.7 Å². The van der Waals surface area contributed by atoms with E-state index >= 15 is 0 Å². The van der Waals surface area contributed by atoms with Crippen LogP contribution in [0.2, 0.25) is 0 Å². The minimum Gasteiger partial charge on any atom is -0.497 e. The summed E-state index contributed by atoms with van der Waals surface area (Å²) in [6.07, 6.45) is 0.807. The van der Waals surface area contributed by atoms with Gasteiger partial charge in [0.25, 0.3) is 0 Å². The molecule has 8 nitrogen and oxygen atoms in total. The van der Waals surface area contributed by atoms with Gasteiger partial charge in [-0.1, -0.05) is 12.1 Å². The first kappa shape index (κ1) is 24.0. The molecule has 1 aromatic rings. The molecule has 2 unspecified atom stereocenters. The van der Waals surface area contributed by atoms with Gasteiger partial charge < -0.3 is 19.9 Å². The van der Waals surface area contributed by atoms with E-state index < -0.39 is 22.6 Å². The average molecular weight is 440 g/mol. The third kappa shape index (κ3) is 5.66. The van der Waals surface area contributed by atoms with Crippen molar-refractivity contribution < 1.29 is 33.4 Å². The number of benzene rings is 1. The number of carboxylic acid groups (broad SMARTS) is 1. The Bertz CT molecular complexity index is 742.